The lowest BCUT2D eigenvalue weighted by Gasteiger charge is -2.20. The molecule has 3 rings (SSSR count). The third-order valence-corrected chi connectivity index (χ3v) is 5.22. The molecule has 0 spiro atoms. The van der Waals surface area contributed by atoms with Crippen molar-refractivity contribution in [3.05, 3.63) is 30.3 Å². The average Bonchev–Trinajstić information content (AvgIpc) is 3.34. The maximum absolute atomic E-state index is 5.92. The zero-order chi connectivity index (χ0) is 18.0. The van der Waals surface area contributed by atoms with Gasteiger partial charge in [-0.15, -0.1) is 0 Å². The third-order valence-electron chi connectivity index (χ3n) is 5.22. The van der Waals surface area contributed by atoms with Gasteiger partial charge in [-0.25, -0.2) is 0 Å². The fourth-order valence-electron chi connectivity index (χ4n) is 3.83. The minimum atomic E-state index is 0.447. The van der Waals surface area contributed by atoms with Crippen LogP contribution in [0.15, 0.2) is 35.3 Å². The Hall–Kier alpha value is -1.75. The van der Waals surface area contributed by atoms with Crippen LogP contribution in [0.4, 0.5) is 5.69 Å². The van der Waals surface area contributed by atoms with Crippen LogP contribution in [0.1, 0.15) is 45.4 Å². The second-order valence-corrected chi connectivity index (χ2v) is 7.30. The summed E-state index contributed by atoms with van der Waals surface area (Å²) < 4.78 is 5.92. The van der Waals surface area contributed by atoms with Crippen LogP contribution in [0.2, 0.25) is 0 Å². The van der Waals surface area contributed by atoms with Crippen molar-refractivity contribution in [2.24, 2.45) is 4.99 Å². The largest absolute Gasteiger partial charge is 0.378 e. The van der Waals surface area contributed by atoms with E-state index in [-0.39, 0.29) is 0 Å². The molecule has 26 heavy (non-hydrogen) atoms. The van der Waals surface area contributed by atoms with Crippen LogP contribution in [-0.2, 0) is 4.74 Å². The molecule has 1 heterocycles. The molecule has 0 radical (unpaired) electrons. The molecule has 1 aliphatic carbocycles. The molecule has 5 heteroatoms. The number of benzene rings is 1. The molecule has 0 bridgehead atoms. The average molecular weight is 359 g/mol. The molecule has 0 aromatic heterocycles. The number of hydrogen-bond acceptors (Lipinski definition) is 3. The molecule has 2 N–H and O–H groups in total. The normalized spacial score (nSPS) is 21.3. The first-order valence-corrected chi connectivity index (χ1v) is 10.3. The number of nitrogens with one attached hydrogen (secondary N) is 2. The summed E-state index contributed by atoms with van der Waals surface area (Å²) in [6, 6.07) is 11.1. The van der Waals surface area contributed by atoms with Crippen LogP contribution in [-0.4, -0.2) is 50.9 Å². The molecule has 1 aliphatic heterocycles. The topological polar surface area (TPSA) is 48.9 Å². The Kier molecular flexibility index (Phi) is 7.62. The highest BCUT2D eigenvalue weighted by Crippen LogP contribution is 2.21. The van der Waals surface area contributed by atoms with Crippen LogP contribution in [0.25, 0.3) is 0 Å². The second-order valence-electron chi connectivity index (χ2n) is 7.30. The predicted molar refractivity (Wildman–Crippen MR) is 109 cm³/mol. The minimum Gasteiger partial charge on any atom is -0.378 e. The van der Waals surface area contributed by atoms with E-state index < -0.39 is 0 Å². The summed E-state index contributed by atoms with van der Waals surface area (Å²) in [7, 11) is 0. The Morgan fingerprint density at radius 1 is 1.19 bits per heavy atom. The molecule has 144 valence electrons. The number of anilines is 1. The minimum absolute atomic E-state index is 0.447. The summed E-state index contributed by atoms with van der Waals surface area (Å²) >= 11 is 0. The molecular weight excluding hydrogens is 324 g/mol. The molecule has 2 aliphatic rings. The fourth-order valence-corrected chi connectivity index (χ4v) is 3.83. The van der Waals surface area contributed by atoms with Gasteiger partial charge in [0.25, 0.3) is 0 Å². The Bertz CT molecular complexity index is 542. The predicted octanol–water partition coefficient (Wildman–Crippen LogP) is 3.17. The van der Waals surface area contributed by atoms with Crippen LogP contribution in [0, 0.1) is 0 Å². The SMILES string of the molecule is CCNC(=NCCCOC1CCCC1)NC1CCN(c2ccccc2)C1. The first-order valence-electron chi connectivity index (χ1n) is 10.3. The fraction of sp³-hybridized carbons (Fsp3) is 0.667. The van der Waals surface area contributed by atoms with E-state index in [0.29, 0.717) is 12.1 Å². The number of rotatable bonds is 8. The van der Waals surface area contributed by atoms with Crippen molar-refractivity contribution in [2.45, 2.75) is 57.6 Å². The molecule has 1 aromatic rings. The van der Waals surface area contributed by atoms with Gasteiger partial charge < -0.3 is 20.3 Å². The van der Waals surface area contributed by atoms with Gasteiger partial charge in [0.2, 0.25) is 0 Å². The first kappa shape index (κ1) is 19.0. The lowest BCUT2D eigenvalue weighted by molar-refractivity contribution is 0.0579. The number of para-hydroxylation sites is 1. The van der Waals surface area contributed by atoms with Gasteiger partial charge >= 0.3 is 0 Å². The van der Waals surface area contributed by atoms with Gasteiger partial charge in [-0.3, -0.25) is 4.99 Å². The number of nitrogens with zero attached hydrogens (tertiary/aromatic N) is 2. The maximum atomic E-state index is 5.92. The van der Waals surface area contributed by atoms with E-state index in [1.807, 2.05) is 0 Å². The Balaban J connectivity index is 1.39. The van der Waals surface area contributed by atoms with Crippen LogP contribution in [0.5, 0.6) is 0 Å². The van der Waals surface area contributed by atoms with E-state index >= 15 is 0 Å². The highest BCUT2D eigenvalue weighted by atomic mass is 16.5. The standard InChI is InChI=1S/C21H34N4O/c1-2-22-21(23-14-8-16-26-20-11-6-7-12-20)24-18-13-15-25(17-18)19-9-4-3-5-10-19/h3-5,9-10,18,20H,2,6-8,11-17H2,1H3,(H2,22,23,24). The van der Waals surface area contributed by atoms with E-state index in [2.05, 4.69) is 52.8 Å². The molecule has 2 fully saturated rings. The Morgan fingerprint density at radius 2 is 2.00 bits per heavy atom. The van der Waals surface area contributed by atoms with Crippen LogP contribution >= 0.6 is 0 Å². The van der Waals surface area contributed by atoms with Gasteiger partial charge in [-0.1, -0.05) is 31.0 Å². The second kappa shape index (κ2) is 10.4. The molecule has 1 saturated carbocycles. The molecule has 5 nitrogen and oxygen atoms in total. The van der Waals surface area contributed by atoms with Gasteiger partial charge in [0, 0.05) is 44.5 Å². The smallest absolute Gasteiger partial charge is 0.191 e. The van der Waals surface area contributed by atoms with Gasteiger partial charge in [0.05, 0.1) is 6.10 Å². The van der Waals surface area contributed by atoms with Crippen molar-refractivity contribution in [3.8, 4) is 0 Å². The third kappa shape index (κ3) is 5.90. The zero-order valence-electron chi connectivity index (χ0n) is 16.1. The number of aliphatic imine (C=N–C) groups is 1. The number of guanidine groups is 1. The van der Waals surface area contributed by atoms with Crippen LogP contribution in [0.3, 0.4) is 0 Å². The molecule has 1 atom stereocenters. The summed E-state index contributed by atoms with van der Waals surface area (Å²) in [5.41, 5.74) is 1.31. The molecule has 1 aromatic carbocycles. The lowest BCUT2D eigenvalue weighted by atomic mass is 10.3. The highest BCUT2D eigenvalue weighted by Gasteiger charge is 2.23. The van der Waals surface area contributed by atoms with E-state index in [9.17, 15) is 0 Å². The van der Waals surface area contributed by atoms with Gasteiger partial charge in [-0.05, 0) is 44.7 Å². The van der Waals surface area contributed by atoms with Crippen LogP contribution < -0.4 is 15.5 Å². The summed E-state index contributed by atoms with van der Waals surface area (Å²) in [6.45, 7) is 6.77. The highest BCUT2D eigenvalue weighted by molar-refractivity contribution is 5.80. The summed E-state index contributed by atoms with van der Waals surface area (Å²) in [5.74, 6) is 0.938. The Labute approximate surface area is 158 Å². The van der Waals surface area contributed by atoms with Gasteiger partial charge in [0.15, 0.2) is 5.96 Å². The van der Waals surface area contributed by atoms with Crippen molar-refractivity contribution in [3.63, 3.8) is 0 Å². The zero-order valence-corrected chi connectivity index (χ0v) is 16.1. The van der Waals surface area contributed by atoms with E-state index in [4.69, 9.17) is 9.73 Å². The van der Waals surface area contributed by atoms with Crippen molar-refractivity contribution in [1.82, 2.24) is 10.6 Å². The van der Waals surface area contributed by atoms with Crippen molar-refractivity contribution < 1.29 is 4.74 Å². The van der Waals surface area contributed by atoms with Crippen molar-refractivity contribution in [2.75, 3.05) is 37.7 Å². The number of hydrogen-bond donors (Lipinski definition) is 2. The van der Waals surface area contributed by atoms with Crippen molar-refractivity contribution in [1.29, 1.82) is 0 Å². The van der Waals surface area contributed by atoms with Gasteiger partial charge in [0.1, 0.15) is 0 Å². The van der Waals surface area contributed by atoms with E-state index in [0.717, 1.165) is 51.6 Å². The monoisotopic (exact) mass is 358 g/mol. The molecule has 1 unspecified atom stereocenters. The molecule has 0 amide bonds. The quantitative estimate of drug-likeness (QED) is 0.426. The molecular formula is C21H34N4O. The lowest BCUT2D eigenvalue weighted by Crippen LogP contribution is -2.44. The molecule has 1 saturated heterocycles. The van der Waals surface area contributed by atoms with Gasteiger partial charge in [-0.2, -0.15) is 0 Å². The van der Waals surface area contributed by atoms with Crippen molar-refractivity contribution >= 4 is 11.6 Å². The number of ether oxygens (including phenoxy) is 1. The first-order chi connectivity index (χ1) is 12.8. The summed E-state index contributed by atoms with van der Waals surface area (Å²) in [6.07, 6.45) is 7.79. The summed E-state index contributed by atoms with van der Waals surface area (Å²) in [4.78, 5) is 7.18. The van der Waals surface area contributed by atoms with E-state index in [1.165, 1.54) is 31.4 Å². The maximum Gasteiger partial charge on any atom is 0.191 e. The summed E-state index contributed by atoms with van der Waals surface area (Å²) in [5, 5.41) is 6.98. The van der Waals surface area contributed by atoms with E-state index in [1.54, 1.807) is 0 Å². The Morgan fingerprint density at radius 3 is 2.77 bits per heavy atom.